The van der Waals surface area contributed by atoms with Crippen LogP contribution in [0.3, 0.4) is 0 Å². The number of nitrogens with one attached hydrogen (secondary N) is 2. The molecule has 0 amide bonds. The van der Waals surface area contributed by atoms with E-state index in [-0.39, 0.29) is 11.1 Å². The van der Waals surface area contributed by atoms with Crippen LogP contribution in [-0.2, 0) is 0 Å². The molecular weight excluding hydrogens is 536 g/mol. The molecular formula is C32H31ClN6O2. The fourth-order valence-electron chi connectivity index (χ4n) is 4.83. The highest BCUT2D eigenvalue weighted by Crippen LogP contribution is 2.29. The summed E-state index contributed by atoms with van der Waals surface area (Å²) in [6.45, 7) is 11.6. The molecule has 41 heavy (non-hydrogen) atoms. The molecule has 5 rings (SSSR count). The topological polar surface area (TPSA) is 100 Å². The maximum absolute atomic E-state index is 13.2. The number of hydrogen-bond acceptors (Lipinski definition) is 4. The molecule has 0 aliphatic rings. The van der Waals surface area contributed by atoms with Crippen LogP contribution in [0.25, 0.3) is 11.4 Å². The normalized spacial score (nSPS) is 11.8. The minimum atomic E-state index is -0.202. The summed E-state index contributed by atoms with van der Waals surface area (Å²) in [7, 11) is 0. The van der Waals surface area contributed by atoms with Crippen LogP contribution in [-0.4, -0.2) is 32.0 Å². The first-order chi connectivity index (χ1) is 19.5. The van der Waals surface area contributed by atoms with Gasteiger partial charge in [0.2, 0.25) is 0 Å². The van der Waals surface area contributed by atoms with Crippen LogP contribution in [0.15, 0.2) is 74.2 Å². The Balaban J connectivity index is 1.44. The first kappa shape index (κ1) is 27.9. The summed E-state index contributed by atoms with van der Waals surface area (Å²) in [5, 5.41) is 6.71. The molecule has 3 aromatic carbocycles. The molecule has 0 radical (unpaired) electrons. The molecule has 9 heteroatoms. The van der Waals surface area contributed by atoms with Crippen molar-refractivity contribution in [3.63, 3.8) is 0 Å². The van der Waals surface area contributed by atoms with Crippen LogP contribution in [0.4, 0.5) is 11.4 Å². The van der Waals surface area contributed by atoms with Gasteiger partial charge in [-0.25, -0.2) is 9.36 Å². The monoisotopic (exact) mass is 566 g/mol. The zero-order valence-electron chi connectivity index (χ0n) is 23.8. The molecule has 0 atom stereocenters. The lowest BCUT2D eigenvalue weighted by molar-refractivity contribution is 0.828. The molecule has 0 unspecified atom stereocenters. The number of rotatable bonds is 6. The Morgan fingerprint density at radius 1 is 0.659 bits per heavy atom. The van der Waals surface area contributed by atoms with Crippen LogP contribution >= 0.6 is 11.6 Å². The van der Waals surface area contributed by atoms with Gasteiger partial charge in [0, 0.05) is 23.8 Å². The van der Waals surface area contributed by atoms with Crippen LogP contribution < -0.4 is 11.1 Å². The smallest absolute Gasteiger partial charge is 0.280 e. The van der Waals surface area contributed by atoms with Crippen molar-refractivity contribution >= 4 is 35.4 Å². The third-order valence-electron chi connectivity index (χ3n) is 7.03. The average Bonchev–Trinajstić information content (AvgIpc) is 3.36. The SMILES string of the molecule is Cc1ccc(-n2[nH]c(C)c(C=Nc3ccc(Cl)c(N=Cc4c(C)[nH]n(-c5ccc(C)cc5C)c4=O)c3)c2=O)c(C)c1. The van der Waals surface area contributed by atoms with E-state index >= 15 is 0 Å². The van der Waals surface area contributed by atoms with Gasteiger partial charge in [0.15, 0.2) is 0 Å². The average molecular weight is 567 g/mol. The number of aryl methyl sites for hydroxylation is 6. The van der Waals surface area contributed by atoms with Gasteiger partial charge in [-0.3, -0.25) is 29.8 Å². The maximum atomic E-state index is 13.2. The van der Waals surface area contributed by atoms with Gasteiger partial charge in [-0.15, -0.1) is 0 Å². The zero-order valence-corrected chi connectivity index (χ0v) is 24.6. The molecule has 0 saturated carbocycles. The van der Waals surface area contributed by atoms with Crippen molar-refractivity contribution < 1.29 is 0 Å². The van der Waals surface area contributed by atoms with Gasteiger partial charge < -0.3 is 0 Å². The van der Waals surface area contributed by atoms with Gasteiger partial charge in [-0.1, -0.05) is 47.0 Å². The summed E-state index contributed by atoms with van der Waals surface area (Å²) in [4.78, 5) is 35.5. The highest BCUT2D eigenvalue weighted by Gasteiger charge is 2.14. The number of benzene rings is 3. The molecule has 0 fully saturated rings. The lowest BCUT2D eigenvalue weighted by Gasteiger charge is -2.06. The van der Waals surface area contributed by atoms with E-state index in [2.05, 4.69) is 20.2 Å². The van der Waals surface area contributed by atoms with Crippen LogP contribution in [0.1, 0.15) is 44.8 Å². The van der Waals surface area contributed by atoms with Crippen molar-refractivity contribution in [2.45, 2.75) is 41.5 Å². The molecule has 5 aromatic rings. The van der Waals surface area contributed by atoms with Gasteiger partial charge in [0.1, 0.15) is 0 Å². The first-order valence-electron chi connectivity index (χ1n) is 13.2. The number of aromatic amines is 2. The third-order valence-corrected chi connectivity index (χ3v) is 7.35. The lowest BCUT2D eigenvalue weighted by Crippen LogP contribution is -2.18. The van der Waals surface area contributed by atoms with E-state index in [0.717, 1.165) is 33.6 Å². The predicted molar refractivity (Wildman–Crippen MR) is 167 cm³/mol. The van der Waals surface area contributed by atoms with E-state index in [9.17, 15) is 9.59 Å². The predicted octanol–water partition coefficient (Wildman–Crippen LogP) is 6.65. The largest absolute Gasteiger partial charge is 0.295 e. The first-order valence-corrected chi connectivity index (χ1v) is 13.6. The van der Waals surface area contributed by atoms with Crippen molar-refractivity contribution in [1.29, 1.82) is 0 Å². The fraction of sp³-hybridized carbons (Fsp3) is 0.188. The van der Waals surface area contributed by atoms with Crippen LogP contribution in [0, 0.1) is 41.5 Å². The van der Waals surface area contributed by atoms with Crippen LogP contribution in [0.5, 0.6) is 0 Å². The highest BCUT2D eigenvalue weighted by molar-refractivity contribution is 6.33. The Kier molecular flexibility index (Phi) is 7.51. The summed E-state index contributed by atoms with van der Waals surface area (Å²) in [6.07, 6.45) is 3.06. The fourth-order valence-corrected chi connectivity index (χ4v) is 4.99. The number of halogens is 1. The molecule has 2 N–H and O–H groups in total. The lowest BCUT2D eigenvalue weighted by atomic mass is 10.1. The summed E-state index contributed by atoms with van der Waals surface area (Å²) >= 11 is 6.43. The maximum Gasteiger partial charge on any atom is 0.280 e. The number of H-pyrrole nitrogens is 2. The number of hydrogen-bond donors (Lipinski definition) is 2. The molecule has 0 spiro atoms. The van der Waals surface area contributed by atoms with E-state index < -0.39 is 0 Å². The number of aliphatic imine (C=N–C) groups is 2. The van der Waals surface area contributed by atoms with Crippen molar-refractivity contribution in [1.82, 2.24) is 19.6 Å². The van der Waals surface area contributed by atoms with Crippen molar-refractivity contribution in [2.24, 2.45) is 9.98 Å². The van der Waals surface area contributed by atoms with E-state index in [1.54, 1.807) is 24.4 Å². The van der Waals surface area contributed by atoms with Crippen LogP contribution in [0.2, 0.25) is 5.02 Å². The Morgan fingerprint density at radius 2 is 1.15 bits per heavy atom. The Labute approximate surface area is 242 Å². The van der Waals surface area contributed by atoms with Gasteiger partial charge in [0.25, 0.3) is 11.1 Å². The second kappa shape index (κ2) is 11.1. The van der Waals surface area contributed by atoms with E-state index in [1.165, 1.54) is 15.6 Å². The molecule has 0 aliphatic carbocycles. The molecule has 0 bridgehead atoms. The number of aromatic nitrogens is 4. The molecule has 2 heterocycles. The molecule has 8 nitrogen and oxygen atoms in total. The minimum absolute atomic E-state index is 0.187. The van der Waals surface area contributed by atoms with Crippen molar-refractivity contribution in [3.8, 4) is 11.4 Å². The van der Waals surface area contributed by atoms with Crippen molar-refractivity contribution in [3.05, 3.63) is 125 Å². The molecule has 208 valence electrons. The van der Waals surface area contributed by atoms with E-state index in [4.69, 9.17) is 11.6 Å². The second-order valence-electron chi connectivity index (χ2n) is 10.3. The third kappa shape index (κ3) is 5.51. The summed E-state index contributed by atoms with van der Waals surface area (Å²) in [6, 6.07) is 17.0. The van der Waals surface area contributed by atoms with Gasteiger partial charge in [-0.05, 0) is 83.0 Å². The highest BCUT2D eigenvalue weighted by atomic mass is 35.5. The summed E-state index contributed by atoms with van der Waals surface area (Å²) in [5.41, 5.74) is 8.74. The van der Waals surface area contributed by atoms with Gasteiger partial charge in [0.05, 0.1) is 38.9 Å². The Bertz CT molecular complexity index is 1970. The second-order valence-corrected chi connectivity index (χ2v) is 10.7. The summed E-state index contributed by atoms with van der Waals surface area (Å²) < 4.78 is 3.06. The number of nitrogens with zero attached hydrogens (tertiary/aromatic N) is 4. The molecule has 0 aliphatic heterocycles. The summed E-state index contributed by atoms with van der Waals surface area (Å²) in [5.74, 6) is 0. The quantitative estimate of drug-likeness (QED) is 0.225. The molecule has 0 saturated heterocycles. The van der Waals surface area contributed by atoms with E-state index in [0.29, 0.717) is 38.9 Å². The van der Waals surface area contributed by atoms with Crippen molar-refractivity contribution in [2.75, 3.05) is 0 Å². The minimum Gasteiger partial charge on any atom is -0.295 e. The Morgan fingerprint density at radius 3 is 1.63 bits per heavy atom. The van der Waals surface area contributed by atoms with Gasteiger partial charge in [-0.2, -0.15) is 0 Å². The zero-order chi connectivity index (χ0) is 29.4. The molecule has 2 aromatic heterocycles. The standard InChI is InChI=1S/C32H31ClN6O2/c1-18-7-11-29(20(3)13-18)38-31(40)25(22(5)36-38)16-34-24-9-10-27(33)28(15-24)35-17-26-23(6)37-39(32(26)41)30-12-8-19(2)14-21(30)4/h7-17,36-37H,1-6H3. The Hall–Kier alpha value is -4.69. The van der Waals surface area contributed by atoms with Gasteiger partial charge >= 0.3 is 0 Å². The van der Waals surface area contributed by atoms with E-state index in [1.807, 2.05) is 77.9 Å².